The van der Waals surface area contributed by atoms with Crippen LogP contribution in [-0.2, 0) is 16.1 Å². The van der Waals surface area contributed by atoms with Crippen LogP contribution in [0.5, 0.6) is 0 Å². The fourth-order valence-electron chi connectivity index (χ4n) is 2.93. The third kappa shape index (κ3) is 7.22. The highest BCUT2D eigenvalue weighted by Crippen LogP contribution is 2.24. The average molecular weight is 467 g/mol. The molecule has 30 heavy (non-hydrogen) atoms. The molecule has 0 heterocycles. The zero-order chi connectivity index (χ0) is 22.1. The fraction of sp³-hybridized carbons (Fsp3) is 0.391. The number of carbonyl (C=O) groups is 2. The van der Waals surface area contributed by atoms with E-state index in [2.05, 4.69) is 5.32 Å². The number of rotatable bonds is 10. The van der Waals surface area contributed by atoms with Gasteiger partial charge in [-0.25, -0.2) is 0 Å². The molecule has 0 radical (unpaired) electrons. The molecule has 0 aliphatic carbocycles. The van der Waals surface area contributed by atoms with Crippen molar-refractivity contribution in [3.8, 4) is 0 Å². The summed E-state index contributed by atoms with van der Waals surface area (Å²) in [5.74, 6) is -0.0242. The van der Waals surface area contributed by atoms with Crippen molar-refractivity contribution in [2.45, 2.75) is 57.1 Å². The van der Waals surface area contributed by atoms with Gasteiger partial charge in [-0.05, 0) is 55.7 Å². The number of halogens is 2. The molecule has 2 atom stereocenters. The molecule has 0 spiro atoms. The quantitative estimate of drug-likeness (QED) is 0.449. The molecule has 1 N–H and O–H groups in total. The summed E-state index contributed by atoms with van der Waals surface area (Å²) in [5, 5.41) is 4.24. The van der Waals surface area contributed by atoms with E-state index in [1.807, 2.05) is 51.1 Å². The van der Waals surface area contributed by atoms with Gasteiger partial charge in [0.25, 0.3) is 0 Å². The van der Waals surface area contributed by atoms with Crippen LogP contribution in [0.25, 0.3) is 0 Å². The first-order valence-electron chi connectivity index (χ1n) is 10.1. The summed E-state index contributed by atoms with van der Waals surface area (Å²) in [7, 11) is 0. The second-order valence-corrected chi connectivity index (χ2v) is 8.99. The highest BCUT2D eigenvalue weighted by atomic mass is 35.5. The number of benzene rings is 2. The molecule has 0 unspecified atom stereocenters. The second-order valence-electron chi connectivity index (χ2n) is 7.10. The van der Waals surface area contributed by atoms with E-state index in [1.165, 1.54) is 11.8 Å². The van der Waals surface area contributed by atoms with Crippen molar-refractivity contribution in [3.05, 3.63) is 64.1 Å². The van der Waals surface area contributed by atoms with E-state index in [4.69, 9.17) is 23.2 Å². The summed E-state index contributed by atoms with van der Waals surface area (Å²) >= 11 is 13.7. The number of amides is 2. The lowest BCUT2D eigenvalue weighted by Crippen LogP contribution is -2.51. The number of nitrogens with one attached hydrogen (secondary N) is 1. The summed E-state index contributed by atoms with van der Waals surface area (Å²) < 4.78 is 0. The molecule has 7 heteroatoms. The van der Waals surface area contributed by atoms with Gasteiger partial charge in [0.15, 0.2) is 0 Å². The molecule has 2 aromatic rings. The van der Waals surface area contributed by atoms with Crippen molar-refractivity contribution in [1.29, 1.82) is 0 Å². The van der Waals surface area contributed by atoms with Crippen molar-refractivity contribution in [2.24, 2.45) is 0 Å². The first-order chi connectivity index (χ1) is 14.3. The maximum atomic E-state index is 13.2. The Labute approximate surface area is 193 Å². The van der Waals surface area contributed by atoms with Gasteiger partial charge in [0.1, 0.15) is 6.04 Å². The smallest absolute Gasteiger partial charge is 0.243 e. The van der Waals surface area contributed by atoms with Crippen molar-refractivity contribution in [3.63, 3.8) is 0 Å². The zero-order valence-electron chi connectivity index (χ0n) is 17.5. The SMILES string of the molecule is CC[C@H](C(=O)N[C@@H](C)CC)N(Cc1ccccc1Cl)C(=O)CSc1ccc(Cl)cc1. The first kappa shape index (κ1) is 24.6. The van der Waals surface area contributed by atoms with Crippen LogP contribution in [0.2, 0.25) is 10.0 Å². The van der Waals surface area contributed by atoms with Gasteiger partial charge in [0.05, 0.1) is 5.75 Å². The van der Waals surface area contributed by atoms with Crippen LogP contribution in [0.15, 0.2) is 53.4 Å². The molecular formula is C23H28Cl2N2O2S. The molecule has 4 nitrogen and oxygen atoms in total. The summed E-state index contributed by atoms with van der Waals surface area (Å²) in [6.45, 7) is 6.18. The van der Waals surface area contributed by atoms with Gasteiger partial charge < -0.3 is 10.2 Å². The summed E-state index contributed by atoms with van der Waals surface area (Å²) in [5.41, 5.74) is 0.818. The topological polar surface area (TPSA) is 49.4 Å². The molecule has 2 aromatic carbocycles. The van der Waals surface area contributed by atoms with Crippen molar-refractivity contribution in [1.82, 2.24) is 10.2 Å². The Hall–Kier alpha value is -1.69. The van der Waals surface area contributed by atoms with E-state index in [0.29, 0.717) is 16.5 Å². The standard InChI is InChI=1S/C23H28Cl2N2O2S/c1-4-16(3)26-23(29)21(5-2)27(14-17-8-6-7-9-20(17)25)22(28)15-30-19-12-10-18(24)11-13-19/h6-13,16,21H,4-5,14-15H2,1-3H3,(H,26,29)/t16-,21+/m0/s1. The predicted octanol–water partition coefficient (Wildman–Crippen LogP) is 5.81. The Bertz CT molecular complexity index is 845. The van der Waals surface area contributed by atoms with Gasteiger partial charge in [-0.15, -0.1) is 11.8 Å². The Morgan fingerprint density at radius 1 is 1.03 bits per heavy atom. The van der Waals surface area contributed by atoms with Gasteiger partial charge in [0.2, 0.25) is 11.8 Å². The average Bonchev–Trinajstić information content (AvgIpc) is 2.74. The van der Waals surface area contributed by atoms with Crippen LogP contribution in [-0.4, -0.2) is 34.6 Å². The van der Waals surface area contributed by atoms with Crippen LogP contribution in [0, 0.1) is 0 Å². The van der Waals surface area contributed by atoms with Crippen LogP contribution in [0.3, 0.4) is 0 Å². The van der Waals surface area contributed by atoms with Crippen LogP contribution >= 0.6 is 35.0 Å². The van der Waals surface area contributed by atoms with E-state index in [1.54, 1.807) is 23.1 Å². The lowest BCUT2D eigenvalue weighted by atomic mass is 10.1. The number of nitrogens with zero attached hydrogens (tertiary/aromatic N) is 1. The molecule has 162 valence electrons. The maximum Gasteiger partial charge on any atom is 0.243 e. The van der Waals surface area contributed by atoms with Gasteiger partial charge in [-0.1, -0.05) is 55.2 Å². The van der Waals surface area contributed by atoms with E-state index in [0.717, 1.165) is 16.9 Å². The Kier molecular flexibility index (Phi) is 10.0. The Morgan fingerprint density at radius 2 is 1.70 bits per heavy atom. The second kappa shape index (κ2) is 12.2. The van der Waals surface area contributed by atoms with E-state index < -0.39 is 6.04 Å². The molecule has 0 aromatic heterocycles. The number of carbonyl (C=O) groups excluding carboxylic acids is 2. The fourth-order valence-corrected chi connectivity index (χ4v) is 4.04. The van der Waals surface area contributed by atoms with Crippen LogP contribution in [0.4, 0.5) is 0 Å². The molecule has 0 bridgehead atoms. The molecule has 2 rings (SSSR count). The molecule has 0 aliphatic heterocycles. The minimum atomic E-state index is -0.561. The third-order valence-electron chi connectivity index (χ3n) is 4.86. The minimum absolute atomic E-state index is 0.0484. The molecule has 0 saturated carbocycles. The summed E-state index contributed by atoms with van der Waals surface area (Å²) in [4.78, 5) is 28.7. The van der Waals surface area contributed by atoms with Crippen molar-refractivity contribution >= 4 is 46.8 Å². The number of hydrogen-bond acceptors (Lipinski definition) is 3. The van der Waals surface area contributed by atoms with E-state index in [-0.39, 0.29) is 30.2 Å². The van der Waals surface area contributed by atoms with Crippen molar-refractivity contribution < 1.29 is 9.59 Å². The highest BCUT2D eigenvalue weighted by molar-refractivity contribution is 8.00. The Morgan fingerprint density at radius 3 is 2.30 bits per heavy atom. The van der Waals surface area contributed by atoms with Gasteiger partial charge in [0, 0.05) is 27.5 Å². The third-order valence-corrected chi connectivity index (χ3v) is 6.48. The van der Waals surface area contributed by atoms with Crippen LogP contribution < -0.4 is 5.32 Å². The molecule has 2 amide bonds. The maximum absolute atomic E-state index is 13.2. The van der Waals surface area contributed by atoms with Gasteiger partial charge in [-0.3, -0.25) is 9.59 Å². The largest absolute Gasteiger partial charge is 0.352 e. The molecule has 0 fully saturated rings. The van der Waals surface area contributed by atoms with Crippen molar-refractivity contribution in [2.75, 3.05) is 5.75 Å². The normalized spacial score (nSPS) is 12.8. The summed E-state index contributed by atoms with van der Waals surface area (Å²) in [6.07, 6.45) is 1.34. The monoisotopic (exact) mass is 466 g/mol. The van der Waals surface area contributed by atoms with Gasteiger partial charge in [-0.2, -0.15) is 0 Å². The lowest BCUT2D eigenvalue weighted by Gasteiger charge is -2.31. The predicted molar refractivity (Wildman–Crippen MR) is 126 cm³/mol. The summed E-state index contributed by atoms with van der Waals surface area (Å²) in [6, 6.07) is 14.2. The molecule has 0 aliphatic rings. The molecular weight excluding hydrogens is 439 g/mol. The minimum Gasteiger partial charge on any atom is -0.352 e. The molecule has 0 saturated heterocycles. The highest BCUT2D eigenvalue weighted by Gasteiger charge is 2.29. The van der Waals surface area contributed by atoms with E-state index >= 15 is 0 Å². The van der Waals surface area contributed by atoms with Gasteiger partial charge >= 0.3 is 0 Å². The zero-order valence-corrected chi connectivity index (χ0v) is 19.9. The lowest BCUT2D eigenvalue weighted by molar-refractivity contribution is -0.139. The van der Waals surface area contributed by atoms with Crippen LogP contribution in [0.1, 0.15) is 39.2 Å². The first-order valence-corrected chi connectivity index (χ1v) is 11.8. The van der Waals surface area contributed by atoms with E-state index in [9.17, 15) is 9.59 Å². The Balaban J connectivity index is 2.21. The number of hydrogen-bond donors (Lipinski definition) is 1. The number of thioether (sulfide) groups is 1.